The van der Waals surface area contributed by atoms with Gasteiger partial charge >= 0.3 is 5.97 Å². The summed E-state index contributed by atoms with van der Waals surface area (Å²) in [5.41, 5.74) is 3.38. The quantitative estimate of drug-likeness (QED) is 0.145. The first kappa shape index (κ1) is 39.1. The van der Waals surface area contributed by atoms with Crippen LogP contribution in [0.15, 0.2) is 46.9 Å². The SMILES string of the molecule is C/C=C(\C=C/C(C)Cl)Cn1c(CC(C)(C)C(=O)OCC)c(S(=O)CC(C)(C)C)c2cc(C(C)C)ccc21.CC.CC. The lowest BCUT2D eigenvalue weighted by Crippen LogP contribution is -2.30. The third-order valence-corrected chi connectivity index (χ3v) is 8.51. The van der Waals surface area contributed by atoms with Crippen LogP contribution in [0.25, 0.3) is 10.9 Å². The fourth-order valence-corrected chi connectivity index (χ4v) is 6.18. The van der Waals surface area contributed by atoms with Gasteiger partial charge in [0.2, 0.25) is 0 Å². The molecular formula is C35H58ClNO3S. The molecule has 2 aromatic rings. The maximum absolute atomic E-state index is 14.1. The van der Waals surface area contributed by atoms with Crippen molar-refractivity contribution in [3.63, 3.8) is 0 Å². The molecule has 0 radical (unpaired) electrons. The van der Waals surface area contributed by atoms with Crippen LogP contribution < -0.4 is 0 Å². The van der Waals surface area contributed by atoms with Gasteiger partial charge in [0.1, 0.15) is 0 Å². The molecule has 0 amide bonds. The van der Waals surface area contributed by atoms with Crippen LogP contribution in [0.1, 0.15) is 114 Å². The number of halogens is 1. The molecule has 0 N–H and O–H groups in total. The summed E-state index contributed by atoms with van der Waals surface area (Å²) in [6.45, 7) is 29.2. The van der Waals surface area contributed by atoms with Crippen molar-refractivity contribution in [2.45, 2.75) is 126 Å². The second-order valence-electron chi connectivity index (χ2n) is 12.0. The Morgan fingerprint density at radius 1 is 1.07 bits per heavy atom. The van der Waals surface area contributed by atoms with Gasteiger partial charge in [0.05, 0.1) is 27.7 Å². The minimum atomic E-state index is -1.25. The fourth-order valence-electron chi connectivity index (χ4n) is 4.33. The van der Waals surface area contributed by atoms with E-state index >= 15 is 0 Å². The van der Waals surface area contributed by atoms with E-state index in [1.807, 2.05) is 68.4 Å². The van der Waals surface area contributed by atoms with Gasteiger partial charge in [0, 0.05) is 40.7 Å². The number of alkyl halides is 1. The van der Waals surface area contributed by atoms with Crippen LogP contribution in [0.3, 0.4) is 0 Å². The van der Waals surface area contributed by atoms with E-state index in [0.717, 1.165) is 27.1 Å². The number of ether oxygens (including phenoxy) is 1. The van der Waals surface area contributed by atoms with Crippen LogP contribution in [0.4, 0.5) is 0 Å². The van der Waals surface area contributed by atoms with Gasteiger partial charge in [-0.3, -0.25) is 9.00 Å². The van der Waals surface area contributed by atoms with E-state index in [1.165, 1.54) is 5.56 Å². The Morgan fingerprint density at radius 3 is 2.12 bits per heavy atom. The second-order valence-corrected chi connectivity index (χ2v) is 14.1. The minimum absolute atomic E-state index is 0.0815. The summed E-state index contributed by atoms with van der Waals surface area (Å²) in [5.74, 6) is 0.630. The fraction of sp³-hybridized carbons (Fsp3) is 0.629. The Morgan fingerprint density at radius 2 is 1.66 bits per heavy atom. The van der Waals surface area contributed by atoms with Crippen molar-refractivity contribution in [3.05, 3.63) is 53.3 Å². The van der Waals surface area contributed by atoms with Gasteiger partial charge in [-0.2, -0.15) is 0 Å². The number of benzene rings is 1. The van der Waals surface area contributed by atoms with E-state index in [-0.39, 0.29) is 16.8 Å². The smallest absolute Gasteiger partial charge is 0.311 e. The Kier molecular flexibility index (Phi) is 17.1. The van der Waals surface area contributed by atoms with Crippen molar-refractivity contribution in [1.82, 2.24) is 4.57 Å². The van der Waals surface area contributed by atoms with Crippen LogP contribution >= 0.6 is 11.6 Å². The lowest BCUT2D eigenvalue weighted by atomic mass is 9.87. The van der Waals surface area contributed by atoms with E-state index in [9.17, 15) is 9.00 Å². The third kappa shape index (κ3) is 11.7. The molecule has 6 heteroatoms. The summed E-state index contributed by atoms with van der Waals surface area (Å²) in [4.78, 5) is 13.8. The molecule has 0 saturated heterocycles. The summed E-state index contributed by atoms with van der Waals surface area (Å²) in [7, 11) is -1.25. The van der Waals surface area contributed by atoms with Gasteiger partial charge in [0.25, 0.3) is 0 Å². The number of fused-ring (bicyclic) bond motifs is 1. The molecular weight excluding hydrogens is 550 g/mol. The van der Waals surface area contributed by atoms with Gasteiger partial charge < -0.3 is 9.30 Å². The largest absolute Gasteiger partial charge is 0.466 e. The molecule has 4 nitrogen and oxygen atoms in total. The van der Waals surface area contributed by atoms with Gasteiger partial charge in [-0.25, -0.2) is 0 Å². The highest BCUT2D eigenvalue weighted by molar-refractivity contribution is 7.85. The highest BCUT2D eigenvalue weighted by Gasteiger charge is 2.34. The molecule has 0 bridgehead atoms. The monoisotopic (exact) mass is 607 g/mol. The van der Waals surface area contributed by atoms with E-state index in [4.69, 9.17) is 16.3 Å². The predicted octanol–water partition coefficient (Wildman–Crippen LogP) is 10.2. The Balaban J connectivity index is 0.00000382. The van der Waals surface area contributed by atoms with Gasteiger partial charge in [-0.15, -0.1) is 11.6 Å². The van der Waals surface area contributed by atoms with Crippen molar-refractivity contribution in [2.24, 2.45) is 10.8 Å². The minimum Gasteiger partial charge on any atom is -0.466 e. The summed E-state index contributed by atoms with van der Waals surface area (Å²) in [5, 5.41) is 0.926. The molecule has 2 unspecified atom stereocenters. The molecule has 2 atom stereocenters. The highest BCUT2D eigenvalue weighted by atomic mass is 35.5. The maximum Gasteiger partial charge on any atom is 0.311 e. The van der Waals surface area contributed by atoms with E-state index in [0.29, 0.717) is 31.2 Å². The average molecular weight is 608 g/mol. The van der Waals surface area contributed by atoms with Crippen molar-refractivity contribution in [3.8, 4) is 0 Å². The van der Waals surface area contributed by atoms with Crippen molar-refractivity contribution in [1.29, 1.82) is 0 Å². The van der Waals surface area contributed by atoms with Crippen LogP contribution in [-0.4, -0.2) is 32.5 Å². The summed E-state index contributed by atoms with van der Waals surface area (Å²) < 4.78 is 21.8. The zero-order chi connectivity index (χ0) is 32.1. The zero-order valence-electron chi connectivity index (χ0n) is 28.4. The molecule has 0 fully saturated rings. The first-order valence-corrected chi connectivity index (χ1v) is 17.0. The first-order chi connectivity index (χ1) is 19.1. The highest BCUT2D eigenvalue weighted by Crippen LogP contribution is 2.38. The molecule has 1 aromatic carbocycles. The Labute approximate surface area is 259 Å². The maximum atomic E-state index is 14.1. The molecule has 41 heavy (non-hydrogen) atoms. The van der Waals surface area contributed by atoms with Gasteiger partial charge in [-0.05, 0) is 69.2 Å². The molecule has 1 aromatic heterocycles. The molecule has 234 valence electrons. The molecule has 0 aliphatic rings. The average Bonchev–Trinajstić information content (AvgIpc) is 3.19. The number of esters is 1. The molecule has 1 heterocycles. The normalized spacial score (nSPS) is 13.9. The van der Waals surface area contributed by atoms with E-state index in [2.05, 4.69) is 69.5 Å². The number of nitrogens with zero attached hydrogens (tertiary/aromatic N) is 1. The van der Waals surface area contributed by atoms with Crippen LogP contribution in [0.2, 0.25) is 0 Å². The van der Waals surface area contributed by atoms with Crippen molar-refractivity contribution >= 4 is 39.3 Å². The van der Waals surface area contributed by atoms with Crippen molar-refractivity contribution < 1.29 is 13.7 Å². The van der Waals surface area contributed by atoms with Crippen LogP contribution in [-0.2, 0) is 33.3 Å². The number of allylic oxidation sites excluding steroid dienone is 4. The van der Waals surface area contributed by atoms with Crippen molar-refractivity contribution in [2.75, 3.05) is 12.4 Å². The summed E-state index contributed by atoms with van der Waals surface area (Å²) in [6, 6.07) is 6.50. The Bertz CT molecular complexity index is 1180. The molecule has 0 aliphatic heterocycles. The number of rotatable bonds is 11. The van der Waals surface area contributed by atoms with E-state index in [1.54, 1.807) is 0 Å². The molecule has 2 rings (SSSR count). The molecule has 0 aliphatic carbocycles. The van der Waals surface area contributed by atoms with Gasteiger partial charge in [-0.1, -0.05) is 86.6 Å². The number of carbonyl (C=O) groups excluding carboxylic acids is 1. The van der Waals surface area contributed by atoms with Crippen LogP contribution in [0.5, 0.6) is 0 Å². The molecule has 0 spiro atoms. The van der Waals surface area contributed by atoms with Gasteiger partial charge in [0.15, 0.2) is 0 Å². The number of aromatic nitrogens is 1. The second kappa shape index (κ2) is 18.0. The topological polar surface area (TPSA) is 48.3 Å². The lowest BCUT2D eigenvalue weighted by Gasteiger charge is -2.25. The standard InChI is InChI=1S/C31H46ClNO3S.2C2H6/c1-11-23(14-13-22(5)32)19-33-26-16-15-24(21(3)4)17-25(26)28(37(35)20-30(6,7)8)27(33)18-31(9,10)29(34)36-12-2;2*1-2/h11,13-17,21-22H,12,18-20H2,1-10H3;2*1-2H3/b14-13-,23-11+;;. The van der Waals surface area contributed by atoms with E-state index < -0.39 is 16.2 Å². The summed E-state index contributed by atoms with van der Waals surface area (Å²) >= 11 is 6.20. The van der Waals surface area contributed by atoms with Crippen LogP contribution in [0, 0.1) is 10.8 Å². The number of hydrogen-bond acceptors (Lipinski definition) is 3. The lowest BCUT2D eigenvalue weighted by molar-refractivity contribution is -0.153. The summed E-state index contributed by atoms with van der Waals surface area (Å²) in [6.07, 6.45) is 6.53. The number of carbonyl (C=O) groups is 1. The number of hydrogen-bond donors (Lipinski definition) is 0. The zero-order valence-corrected chi connectivity index (χ0v) is 30.0. The predicted molar refractivity (Wildman–Crippen MR) is 182 cm³/mol. The first-order valence-electron chi connectivity index (χ1n) is 15.3. The third-order valence-electron chi connectivity index (χ3n) is 6.33. The molecule has 0 saturated carbocycles. The Hall–Kier alpha value is -1.85.